The molecule has 0 unspecified atom stereocenters. The molecule has 3 heterocycles. The summed E-state index contributed by atoms with van der Waals surface area (Å²) in [6, 6.07) is 9.41. The normalized spacial score (nSPS) is 17.7. The van der Waals surface area contributed by atoms with E-state index < -0.39 is 18.5 Å². The zero-order valence-corrected chi connectivity index (χ0v) is 17.4. The van der Waals surface area contributed by atoms with Crippen LogP contribution < -0.4 is 10.2 Å². The zero-order valence-electron chi connectivity index (χ0n) is 17.4. The van der Waals surface area contributed by atoms with Crippen LogP contribution in [0.2, 0.25) is 0 Å². The summed E-state index contributed by atoms with van der Waals surface area (Å²) in [6.45, 7) is 1.90. The smallest absolute Gasteiger partial charge is 0.368 e. The number of hydrogen-bond donors (Lipinski definition) is 1. The molecule has 1 N–H and O–H groups in total. The Hall–Kier alpha value is -3.17. The van der Waals surface area contributed by atoms with Crippen molar-refractivity contribution in [1.82, 2.24) is 15.1 Å². The van der Waals surface area contributed by atoms with Gasteiger partial charge < -0.3 is 15.1 Å². The summed E-state index contributed by atoms with van der Waals surface area (Å²) in [6.07, 6.45) is -1.33. The largest absolute Gasteiger partial charge is 0.397 e. The second-order valence-electron chi connectivity index (χ2n) is 8.26. The fraction of sp³-hybridized carbons (Fsp3) is 0.455. The van der Waals surface area contributed by atoms with Gasteiger partial charge in [-0.05, 0) is 42.5 Å². The molecule has 7 nitrogen and oxygen atoms in total. The van der Waals surface area contributed by atoms with Crippen LogP contribution in [-0.4, -0.2) is 59.3 Å². The van der Waals surface area contributed by atoms with Crippen LogP contribution in [0.3, 0.4) is 0 Å². The monoisotopic (exact) mass is 447 g/mol. The molecule has 1 aromatic heterocycles. The van der Waals surface area contributed by atoms with Crippen molar-refractivity contribution in [2.75, 3.05) is 36.4 Å². The van der Waals surface area contributed by atoms with E-state index in [2.05, 4.69) is 20.4 Å². The molecule has 0 bridgehead atoms. The molecule has 2 amide bonds. The molecule has 0 saturated carbocycles. The molecule has 2 aliphatic heterocycles. The molecule has 4 rings (SSSR count). The Kier molecular flexibility index (Phi) is 6.29. The van der Waals surface area contributed by atoms with E-state index in [0.29, 0.717) is 44.7 Å². The highest BCUT2D eigenvalue weighted by molar-refractivity contribution is 5.94. The van der Waals surface area contributed by atoms with Crippen LogP contribution in [0.5, 0.6) is 0 Å². The number of nitrogens with zero attached hydrogens (tertiary/aromatic N) is 4. The van der Waals surface area contributed by atoms with E-state index in [1.807, 2.05) is 30.3 Å². The first-order chi connectivity index (χ1) is 15.3. The van der Waals surface area contributed by atoms with Crippen LogP contribution in [0.4, 0.5) is 24.5 Å². The first kappa shape index (κ1) is 22.0. The highest BCUT2D eigenvalue weighted by Gasteiger charge is 2.35. The number of nitrogens with one attached hydrogen (secondary N) is 1. The highest BCUT2D eigenvalue weighted by atomic mass is 19.4. The van der Waals surface area contributed by atoms with Crippen LogP contribution in [0.25, 0.3) is 0 Å². The summed E-state index contributed by atoms with van der Waals surface area (Å²) in [5.41, 5.74) is 2.71. The summed E-state index contributed by atoms with van der Waals surface area (Å²) in [4.78, 5) is 27.6. The Morgan fingerprint density at radius 3 is 2.31 bits per heavy atom. The van der Waals surface area contributed by atoms with E-state index in [4.69, 9.17) is 0 Å². The van der Waals surface area contributed by atoms with Crippen molar-refractivity contribution in [2.24, 2.45) is 5.92 Å². The maximum atomic E-state index is 12.5. The molecule has 10 heteroatoms. The number of alkyl halides is 3. The Balaban J connectivity index is 1.24. The predicted molar refractivity (Wildman–Crippen MR) is 112 cm³/mol. The molecule has 32 heavy (non-hydrogen) atoms. The SMILES string of the molecule is O=C(Nc1ccc(C2CCN(C(=O)CC(F)(F)F)CC2)cc1)C1CN(c2ccnnc2)C1. The molecule has 0 radical (unpaired) electrons. The minimum absolute atomic E-state index is 0.0347. The lowest BCUT2D eigenvalue weighted by Crippen LogP contribution is -2.52. The Morgan fingerprint density at radius 1 is 1.03 bits per heavy atom. The van der Waals surface area contributed by atoms with Crippen molar-refractivity contribution >= 4 is 23.2 Å². The minimum atomic E-state index is -4.47. The summed E-state index contributed by atoms with van der Waals surface area (Å²) in [5.74, 6) is -0.804. The van der Waals surface area contributed by atoms with Crippen LogP contribution in [0, 0.1) is 5.92 Å². The van der Waals surface area contributed by atoms with Gasteiger partial charge in [0.1, 0.15) is 6.42 Å². The number of carbonyl (C=O) groups is 2. The number of hydrogen-bond acceptors (Lipinski definition) is 5. The summed E-state index contributed by atoms with van der Waals surface area (Å²) < 4.78 is 37.3. The van der Waals surface area contributed by atoms with Crippen LogP contribution in [0.15, 0.2) is 42.7 Å². The van der Waals surface area contributed by atoms with Crippen molar-refractivity contribution in [1.29, 1.82) is 0 Å². The van der Waals surface area contributed by atoms with Gasteiger partial charge in [-0.2, -0.15) is 23.4 Å². The molecular formula is C22H24F3N5O2. The van der Waals surface area contributed by atoms with Crippen molar-refractivity contribution in [3.63, 3.8) is 0 Å². The molecular weight excluding hydrogens is 423 g/mol. The molecule has 2 aromatic rings. The summed E-state index contributed by atoms with van der Waals surface area (Å²) in [5, 5.41) is 10.5. The van der Waals surface area contributed by atoms with E-state index in [1.165, 1.54) is 4.90 Å². The third-order valence-corrected chi connectivity index (χ3v) is 6.04. The van der Waals surface area contributed by atoms with Gasteiger partial charge in [0.2, 0.25) is 11.8 Å². The van der Waals surface area contributed by atoms with Crippen molar-refractivity contribution in [2.45, 2.75) is 31.4 Å². The fourth-order valence-corrected chi connectivity index (χ4v) is 4.15. The second kappa shape index (κ2) is 9.13. The number of piperidine rings is 1. The van der Waals surface area contributed by atoms with E-state index in [-0.39, 0.29) is 17.7 Å². The zero-order chi connectivity index (χ0) is 22.7. The summed E-state index contributed by atoms with van der Waals surface area (Å²) in [7, 11) is 0. The number of anilines is 2. The van der Waals surface area contributed by atoms with Crippen molar-refractivity contribution in [3.05, 3.63) is 48.3 Å². The lowest BCUT2D eigenvalue weighted by atomic mass is 9.89. The third kappa shape index (κ3) is 5.35. The van der Waals surface area contributed by atoms with Gasteiger partial charge in [0, 0.05) is 31.9 Å². The third-order valence-electron chi connectivity index (χ3n) is 6.04. The lowest BCUT2D eigenvalue weighted by molar-refractivity contribution is -0.162. The van der Waals surface area contributed by atoms with Gasteiger partial charge >= 0.3 is 6.18 Å². The first-order valence-electron chi connectivity index (χ1n) is 10.6. The predicted octanol–water partition coefficient (Wildman–Crippen LogP) is 3.21. The summed E-state index contributed by atoms with van der Waals surface area (Å²) >= 11 is 0. The topological polar surface area (TPSA) is 78.4 Å². The van der Waals surface area contributed by atoms with Gasteiger partial charge in [0.05, 0.1) is 24.0 Å². The van der Waals surface area contributed by atoms with E-state index in [1.54, 1.807) is 12.4 Å². The molecule has 2 aliphatic rings. The van der Waals surface area contributed by atoms with Gasteiger partial charge in [-0.3, -0.25) is 9.59 Å². The number of rotatable bonds is 5. The molecule has 1 aromatic carbocycles. The van der Waals surface area contributed by atoms with E-state index >= 15 is 0 Å². The number of halogens is 3. The Bertz CT molecular complexity index is 938. The number of carbonyl (C=O) groups excluding carboxylic acids is 2. The van der Waals surface area contributed by atoms with Crippen LogP contribution >= 0.6 is 0 Å². The van der Waals surface area contributed by atoms with Crippen LogP contribution in [-0.2, 0) is 9.59 Å². The average Bonchev–Trinajstić information content (AvgIpc) is 2.73. The number of likely N-dealkylation sites (tertiary alicyclic amines) is 1. The Labute approximate surface area is 183 Å². The average molecular weight is 447 g/mol. The molecule has 0 atom stereocenters. The standard InChI is InChI=1S/C22H24F3N5O2/c23-22(24,25)11-20(31)29-9-6-16(7-10-29)15-1-3-18(4-2-15)28-21(32)17-13-30(14-17)19-5-8-26-27-12-19/h1-5,8,12,16-17H,6-7,9-11,13-14H2,(H,28,32). The molecule has 2 fully saturated rings. The maximum absolute atomic E-state index is 12.5. The number of benzene rings is 1. The number of amides is 2. The quantitative estimate of drug-likeness (QED) is 0.762. The maximum Gasteiger partial charge on any atom is 0.397 e. The molecule has 170 valence electrons. The fourth-order valence-electron chi connectivity index (χ4n) is 4.15. The van der Waals surface area contributed by atoms with Gasteiger partial charge in [-0.25, -0.2) is 0 Å². The van der Waals surface area contributed by atoms with E-state index in [9.17, 15) is 22.8 Å². The van der Waals surface area contributed by atoms with Crippen molar-refractivity contribution in [3.8, 4) is 0 Å². The van der Waals surface area contributed by atoms with Gasteiger partial charge in [-0.1, -0.05) is 12.1 Å². The molecule has 2 saturated heterocycles. The van der Waals surface area contributed by atoms with Gasteiger partial charge in [0.25, 0.3) is 0 Å². The molecule has 0 spiro atoms. The second-order valence-corrected chi connectivity index (χ2v) is 8.26. The first-order valence-corrected chi connectivity index (χ1v) is 10.6. The van der Waals surface area contributed by atoms with Crippen LogP contribution in [0.1, 0.15) is 30.7 Å². The van der Waals surface area contributed by atoms with E-state index in [0.717, 1.165) is 11.3 Å². The number of aromatic nitrogens is 2. The van der Waals surface area contributed by atoms with Gasteiger partial charge in [0.15, 0.2) is 0 Å². The highest BCUT2D eigenvalue weighted by Crippen LogP contribution is 2.31. The lowest BCUT2D eigenvalue weighted by Gasteiger charge is -2.39. The minimum Gasteiger partial charge on any atom is -0.368 e. The van der Waals surface area contributed by atoms with Gasteiger partial charge in [-0.15, -0.1) is 0 Å². The Morgan fingerprint density at radius 2 is 1.72 bits per heavy atom. The van der Waals surface area contributed by atoms with Crippen molar-refractivity contribution < 1.29 is 22.8 Å². The molecule has 0 aliphatic carbocycles.